The summed E-state index contributed by atoms with van der Waals surface area (Å²) in [5.74, 6) is 0. The summed E-state index contributed by atoms with van der Waals surface area (Å²) in [6.07, 6.45) is -7.50. The lowest BCUT2D eigenvalue weighted by Gasteiger charge is -2.19. The van der Waals surface area contributed by atoms with Crippen LogP contribution in [0.3, 0.4) is 0 Å². The second-order valence-electron chi connectivity index (χ2n) is 5.36. The molecule has 0 bridgehead atoms. The molecule has 2 rings (SSSR count). The van der Waals surface area contributed by atoms with Crippen LogP contribution in [0.2, 0.25) is 0 Å². The average molecular weight is 398 g/mol. The van der Waals surface area contributed by atoms with Crippen LogP contribution in [-0.4, -0.2) is 24.8 Å². The van der Waals surface area contributed by atoms with Gasteiger partial charge in [0.15, 0.2) is 0 Å². The number of nitrogens with zero attached hydrogens (tertiary/aromatic N) is 2. The Labute approximate surface area is 145 Å². The van der Waals surface area contributed by atoms with E-state index in [9.17, 15) is 34.8 Å². The van der Waals surface area contributed by atoms with Gasteiger partial charge in [0.2, 0.25) is 10.0 Å². The molecule has 0 unspecified atom stereocenters. The van der Waals surface area contributed by atoms with Crippen LogP contribution in [0, 0.1) is 0 Å². The molecule has 26 heavy (non-hydrogen) atoms. The largest absolute Gasteiger partial charge is 0.416 e. The Morgan fingerprint density at radius 1 is 1.00 bits per heavy atom. The molecule has 0 fully saturated rings. The van der Waals surface area contributed by atoms with Crippen LogP contribution in [0.1, 0.15) is 16.7 Å². The molecule has 0 atom stereocenters. The molecule has 0 N–H and O–H groups in total. The van der Waals surface area contributed by atoms with E-state index in [1.54, 1.807) is 0 Å². The Morgan fingerprint density at radius 3 is 1.96 bits per heavy atom. The van der Waals surface area contributed by atoms with Crippen LogP contribution in [0.4, 0.5) is 26.3 Å². The lowest BCUT2D eigenvalue weighted by Crippen LogP contribution is -2.27. The van der Waals surface area contributed by atoms with Gasteiger partial charge in [0.25, 0.3) is 0 Å². The van der Waals surface area contributed by atoms with Crippen molar-refractivity contribution >= 4 is 10.0 Å². The number of hydrogen-bond acceptors (Lipinski definition) is 3. The van der Waals surface area contributed by atoms with Gasteiger partial charge in [-0.3, -0.25) is 4.98 Å². The van der Waals surface area contributed by atoms with E-state index in [1.807, 2.05) is 0 Å². The molecular weight excluding hydrogens is 386 g/mol. The molecule has 0 aliphatic carbocycles. The molecule has 0 saturated carbocycles. The summed E-state index contributed by atoms with van der Waals surface area (Å²) in [6.45, 7) is -0.270. The predicted octanol–water partition coefficient (Wildman–Crippen LogP) is 3.94. The van der Waals surface area contributed by atoms with Gasteiger partial charge in [0.05, 0.1) is 16.0 Å². The minimum absolute atomic E-state index is 0.125. The van der Waals surface area contributed by atoms with Crippen molar-refractivity contribution in [2.24, 2.45) is 0 Å². The maximum atomic E-state index is 12.9. The topological polar surface area (TPSA) is 50.3 Å². The fraction of sp³-hybridized carbons (Fsp3) is 0.267. The SMILES string of the molecule is CN(Cc1cccnc1)S(=O)(=O)c1cc(C(F)(F)F)cc(C(F)(F)F)c1. The smallest absolute Gasteiger partial charge is 0.264 e. The number of alkyl halides is 6. The third-order valence-corrected chi connectivity index (χ3v) is 5.18. The molecule has 1 heterocycles. The van der Waals surface area contributed by atoms with E-state index in [0.29, 0.717) is 9.87 Å². The van der Waals surface area contributed by atoms with Crippen molar-refractivity contribution in [3.05, 3.63) is 59.4 Å². The van der Waals surface area contributed by atoms with E-state index in [-0.39, 0.29) is 24.7 Å². The zero-order valence-electron chi connectivity index (χ0n) is 13.1. The van der Waals surface area contributed by atoms with Crippen molar-refractivity contribution in [2.45, 2.75) is 23.8 Å². The van der Waals surface area contributed by atoms with Crippen molar-refractivity contribution in [1.82, 2.24) is 9.29 Å². The van der Waals surface area contributed by atoms with Gasteiger partial charge in [-0.15, -0.1) is 0 Å². The van der Waals surface area contributed by atoms with Crippen LogP contribution in [0.15, 0.2) is 47.6 Å². The molecule has 1 aromatic heterocycles. The highest BCUT2D eigenvalue weighted by Gasteiger charge is 2.38. The summed E-state index contributed by atoms with van der Waals surface area (Å²) in [5.41, 5.74) is -2.97. The number of aromatic nitrogens is 1. The molecule has 11 heteroatoms. The summed E-state index contributed by atoms with van der Waals surface area (Å²) in [4.78, 5) is 2.67. The molecule has 142 valence electrons. The zero-order valence-corrected chi connectivity index (χ0v) is 14.0. The predicted molar refractivity (Wildman–Crippen MR) is 79.3 cm³/mol. The molecule has 1 aromatic carbocycles. The monoisotopic (exact) mass is 398 g/mol. The van der Waals surface area contributed by atoms with Gasteiger partial charge < -0.3 is 0 Å². The van der Waals surface area contributed by atoms with Crippen LogP contribution in [0.5, 0.6) is 0 Å². The highest BCUT2D eigenvalue weighted by molar-refractivity contribution is 7.89. The van der Waals surface area contributed by atoms with Crippen LogP contribution in [0.25, 0.3) is 0 Å². The minimum Gasteiger partial charge on any atom is -0.264 e. The van der Waals surface area contributed by atoms with Gasteiger partial charge in [-0.25, -0.2) is 8.42 Å². The van der Waals surface area contributed by atoms with Crippen LogP contribution in [-0.2, 0) is 28.9 Å². The van der Waals surface area contributed by atoms with Crippen molar-refractivity contribution < 1.29 is 34.8 Å². The van der Waals surface area contributed by atoms with Gasteiger partial charge in [-0.2, -0.15) is 30.6 Å². The van der Waals surface area contributed by atoms with E-state index in [2.05, 4.69) is 4.98 Å². The fourth-order valence-electron chi connectivity index (χ4n) is 2.09. The highest BCUT2D eigenvalue weighted by atomic mass is 32.2. The van der Waals surface area contributed by atoms with Gasteiger partial charge in [0, 0.05) is 26.0 Å². The zero-order chi connectivity index (χ0) is 19.8. The quantitative estimate of drug-likeness (QED) is 0.734. The van der Waals surface area contributed by atoms with Crippen LogP contribution < -0.4 is 0 Å². The number of rotatable bonds is 4. The third kappa shape index (κ3) is 4.52. The molecule has 0 saturated heterocycles. The van der Waals surface area contributed by atoms with Gasteiger partial charge in [0.1, 0.15) is 0 Å². The summed E-state index contributed by atoms with van der Waals surface area (Å²) >= 11 is 0. The number of benzene rings is 1. The van der Waals surface area contributed by atoms with Gasteiger partial charge >= 0.3 is 12.4 Å². The lowest BCUT2D eigenvalue weighted by atomic mass is 10.1. The van der Waals surface area contributed by atoms with E-state index in [4.69, 9.17) is 0 Å². The lowest BCUT2D eigenvalue weighted by molar-refractivity contribution is -0.143. The summed E-state index contributed by atoms with van der Waals surface area (Å²) < 4.78 is 103. The standard InChI is InChI=1S/C15H12F6N2O2S/c1-23(9-10-3-2-4-22-8-10)26(24,25)13-6-11(14(16,17)18)5-12(7-13)15(19,20)21/h2-8H,9H2,1H3. The van der Waals surface area contributed by atoms with Crippen molar-refractivity contribution in [3.8, 4) is 0 Å². The maximum absolute atomic E-state index is 12.9. The summed E-state index contributed by atoms with van der Waals surface area (Å²) in [7, 11) is -3.55. The number of sulfonamides is 1. The first kappa shape index (κ1) is 20.2. The molecule has 0 amide bonds. The molecular formula is C15H12F6N2O2S. The second kappa shape index (κ2) is 6.88. The Balaban J connectivity index is 2.51. The summed E-state index contributed by atoms with van der Waals surface area (Å²) in [5, 5.41) is 0. The normalized spacial score (nSPS) is 13.2. The first-order valence-corrected chi connectivity index (χ1v) is 8.40. The molecule has 4 nitrogen and oxygen atoms in total. The third-order valence-electron chi connectivity index (χ3n) is 3.40. The molecule has 2 aromatic rings. The Kier molecular flexibility index (Phi) is 5.34. The Morgan fingerprint density at radius 2 is 1.54 bits per heavy atom. The van der Waals surface area contributed by atoms with E-state index < -0.39 is 38.4 Å². The van der Waals surface area contributed by atoms with Crippen molar-refractivity contribution in [2.75, 3.05) is 7.05 Å². The molecule has 0 aliphatic rings. The Bertz CT molecular complexity index is 847. The first-order valence-electron chi connectivity index (χ1n) is 6.96. The second-order valence-corrected chi connectivity index (χ2v) is 7.41. The van der Waals surface area contributed by atoms with E-state index in [1.165, 1.54) is 24.5 Å². The number of pyridine rings is 1. The number of hydrogen-bond donors (Lipinski definition) is 0. The Hall–Kier alpha value is -2.14. The minimum atomic E-state index is -5.13. The van der Waals surface area contributed by atoms with Crippen LogP contribution >= 0.6 is 0 Å². The molecule has 0 aliphatic heterocycles. The first-order chi connectivity index (χ1) is 11.8. The maximum Gasteiger partial charge on any atom is 0.416 e. The van der Waals surface area contributed by atoms with Crippen molar-refractivity contribution in [1.29, 1.82) is 0 Å². The summed E-state index contributed by atoms with van der Waals surface area (Å²) in [6, 6.07) is 3.28. The number of halogens is 6. The average Bonchev–Trinajstić information content (AvgIpc) is 2.53. The van der Waals surface area contributed by atoms with E-state index >= 15 is 0 Å². The van der Waals surface area contributed by atoms with Gasteiger partial charge in [-0.1, -0.05) is 6.07 Å². The fourth-order valence-corrected chi connectivity index (χ4v) is 3.32. The van der Waals surface area contributed by atoms with E-state index in [0.717, 1.165) is 7.05 Å². The molecule has 0 spiro atoms. The molecule has 0 radical (unpaired) electrons. The highest BCUT2D eigenvalue weighted by Crippen LogP contribution is 2.37. The van der Waals surface area contributed by atoms with Gasteiger partial charge in [-0.05, 0) is 29.8 Å². The van der Waals surface area contributed by atoms with Crippen molar-refractivity contribution in [3.63, 3.8) is 0 Å².